The summed E-state index contributed by atoms with van der Waals surface area (Å²) in [4.78, 5) is 27.5. The van der Waals surface area contributed by atoms with Crippen LogP contribution in [0, 0.1) is 23.5 Å². The molecule has 0 bridgehead atoms. The lowest BCUT2D eigenvalue weighted by atomic mass is 9.81. The minimum atomic E-state index is -0.965. The van der Waals surface area contributed by atoms with Crippen molar-refractivity contribution >= 4 is 5.91 Å². The number of fused-ring (bicyclic) bond motifs is 6. The molecule has 178 valence electrons. The number of halogens is 2. The van der Waals surface area contributed by atoms with Crippen LogP contribution in [0.5, 0.6) is 5.75 Å². The fourth-order valence-electron chi connectivity index (χ4n) is 6.58. The highest BCUT2D eigenvalue weighted by Crippen LogP contribution is 2.57. The van der Waals surface area contributed by atoms with E-state index in [9.17, 15) is 14.7 Å². The maximum atomic E-state index is 15.1. The number of aromatic nitrogens is 1. The Morgan fingerprint density at radius 3 is 2.17 bits per heavy atom. The standard InChI is InChI=1S/C27H23F2N3O3/c28-21-5-1-3-19-17(21)11-16-12-18-20(4-2-6-22(18)29)27(16,19)32-14-30(13-15-7-8-15)26(35)24-25(34)23(33)9-10-31(24)32/h1-6,9-10,15-16,34H,7-8,11-14H2. The molecular weight excluding hydrogens is 452 g/mol. The zero-order chi connectivity index (χ0) is 24.1. The summed E-state index contributed by atoms with van der Waals surface area (Å²) in [6, 6.07) is 11.2. The minimum absolute atomic E-state index is 0.104. The average molecular weight is 475 g/mol. The second-order valence-corrected chi connectivity index (χ2v) is 10.1. The molecule has 1 aromatic heterocycles. The van der Waals surface area contributed by atoms with E-state index in [0.29, 0.717) is 36.4 Å². The normalized spacial score (nSPS) is 24.3. The maximum absolute atomic E-state index is 15.1. The summed E-state index contributed by atoms with van der Waals surface area (Å²) >= 11 is 0. The molecule has 4 aliphatic rings. The summed E-state index contributed by atoms with van der Waals surface area (Å²) in [6.45, 7) is 0.678. The number of rotatable bonds is 3. The van der Waals surface area contributed by atoms with E-state index in [1.807, 2.05) is 17.1 Å². The first kappa shape index (κ1) is 20.7. The number of hydrogen-bond acceptors (Lipinski definition) is 4. The molecule has 0 radical (unpaired) electrons. The topological polar surface area (TPSA) is 65.8 Å². The smallest absolute Gasteiger partial charge is 0.277 e. The van der Waals surface area contributed by atoms with Gasteiger partial charge >= 0.3 is 0 Å². The zero-order valence-electron chi connectivity index (χ0n) is 18.9. The molecule has 0 atom stereocenters. The van der Waals surface area contributed by atoms with E-state index in [1.54, 1.807) is 17.0 Å². The van der Waals surface area contributed by atoms with Gasteiger partial charge in [0.1, 0.15) is 23.8 Å². The van der Waals surface area contributed by atoms with Crippen molar-refractivity contribution in [2.75, 3.05) is 18.2 Å². The van der Waals surface area contributed by atoms with Gasteiger partial charge in [0.15, 0.2) is 11.4 Å². The van der Waals surface area contributed by atoms with E-state index in [4.69, 9.17) is 0 Å². The van der Waals surface area contributed by atoms with Crippen LogP contribution in [0.2, 0.25) is 0 Å². The lowest BCUT2D eigenvalue weighted by molar-refractivity contribution is 0.0637. The largest absolute Gasteiger partial charge is 0.502 e. The van der Waals surface area contributed by atoms with Gasteiger partial charge in [-0.1, -0.05) is 24.3 Å². The van der Waals surface area contributed by atoms with Crippen LogP contribution < -0.4 is 10.4 Å². The van der Waals surface area contributed by atoms with Crippen molar-refractivity contribution < 1.29 is 18.7 Å². The average Bonchev–Trinajstić information content (AvgIpc) is 3.50. The van der Waals surface area contributed by atoms with Crippen LogP contribution in [0.25, 0.3) is 0 Å². The summed E-state index contributed by atoms with van der Waals surface area (Å²) in [5.74, 6) is -1.44. The van der Waals surface area contributed by atoms with Crippen molar-refractivity contribution in [3.05, 3.63) is 98.5 Å². The van der Waals surface area contributed by atoms with E-state index in [0.717, 1.165) is 24.0 Å². The van der Waals surface area contributed by atoms with Gasteiger partial charge in [-0.25, -0.2) is 8.78 Å². The van der Waals surface area contributed by atoms with Crippen LogP contribution in [-0.2, 0) is 18.4 Å². The van der Waals surface area contributed by atoms with E-state index in [2.05, 4.69) is 0 Å². The quantitative estimate of drug-likeness (QED) is 0.632. The molecule has 1 aliphatic heterocycles. The molecule has 2 heterocycles. The van der Waals surface area contributed by atoms with Crippen molar-refractivity contribution in [3.8, 4) is 5.75 Å². The molecule has 35 heavy (non-hydrogen) atoms. The van der Waals surface area contributed by atoms with E-state index in [-0.39, 0.29) is 29.9 Å². The number of carbonyl (C=O) groups is 1. The van der Waals surface area contributed by atoms with Gasteiger partial charge in [-0.3, -0.25) is 19.3 Å². The Morgan fingerprint density at radius 1 is 0.943 bits per heavy atom. The Hall–Kier alpha value is -3.68. The van der Waals surface area contributed by atoms with Gasteiger partial charge in [-0.2, -0.15) is 0 Å². The van der Waals surface area contributed by atoms with E-state index >= 15 is 8.78 Å². The highest BCUT2D eigenvalue weighted by atomic mass is 19.1. The van der Waals surface area contributed by atoms with Gasteiger partial charge in [0.2, 0.25) is 5.43 Å². The molecule has 2 aromatic carbocycles. The number of hydrogen-bond donors (Lipinski definition) is 1. The second-order valence-electron chi connectivity index (χ2n) is 10.1. The molecule has 1 saturated carbocycles. The predicted molar refractivity (Wildman–Crippen MR) is 124 cm³/mol. The lowest BCUT2D eigenvalue weighted by Crippen LogP contribution is -2.63. The van der Waals surface area contributed by atoms with Gasteiger partial charge in [0.05, 0.1) is 0 Å². The van der Waals surface area contributed by atoms with Crippen LogP contribution in [0.3, 0.4) is 0 Å². The minimum Gasteiger partial charge on any atom is -0.502 e. The third-order valence-electron chi connectivity index (χ3n) is 8.24. The van der Waals surface area contributed by atoms with Crippen molar-refractivity contribution in [1.82, 2.24) is 9.58 Å². The highest BCUT2D eigenvalue weighted by molar-refractivity contribution is 5.96. The van der Waals surface area contributed by atoms with Crippen LogP contribution in [-0.4, -0.2) is 33.8 Å². The summed E-state index contributed by atoms with van der Waals surface area (Å²) in [7, 11) is 0. The van der Waals surface area contributed by atoms with Crippen LogP contribution in [0.4, 0.5) is 8.78 Å². The highest BCUT2D eigenvalue weighted by Gasteiger charge is 2.60. The number of benzene rings is 2. The molecule has 7 rings (SSSR count). The van der Waals surface area contributed by atoms with E-state index in [1.165, 1.54) is 29.1 Å². The SMILES string of the molecule is O=C1c2c(O)c(=O)ccn2N(C23c4cccc(F)c4CC2Cc2c(F)cccc23)CN1CC1CC1. The van der Waals surface area contributed by atoms with Gasteiger partial charge < -0.3 is 10.0 Å². The Balaban J connectivity index is 1.54. The van der Waals surface area contributed by atoms with Gasteiger partial charge in [0, 0.05) is 24.7 Å². The zero-order valence-corrected chi connectivity index (χ0v) is 18.9. The summed E-state index contributed by atoms with van der Waals surface area (Å²) in [5.41, 5.74) is 0.936. The fraction of sp³-hybridized carbons (Fsp3) is 0.333. The van der Waals surface area contributed by atoms with Crippen LogP contribution in [0.15, 0.2) is 53.5 Å². The summed E-state index contributed by atoms with van der Waals surface area (Å²) < 4.78 is 31.7. The maximum Gasteiger partial charge on any atom is 0.277 e. The van der Waals surface area contributed by atoms with Crippen LogP contribution >= 0.6 is 0 Å². The first-order valence-electron chi connectivity index (χ1n) is 12.0. The molecule has 8 heteroatoms. The van der Waals surface area contributed by atoms with E-state index < -0.39 is 22.6 Å². The molecule has 0 unspecified atom stereocenters. The molecule has 6 nitrogen and oxygen atoms in total. The molecule has 0 saturated heterocycles. The van der Waals surface area contributed by atoms with Crippen molar-refractivity contribution in [2.24, 2.45) is 11.8 Å². The first-order valence-corrected chi connectivity index (χ1v) is 12.0. The molecule has 3 aromatic rings. The van der Waals surface area contributed by atoms with Crippen molar-refractivity contribution in [1.29, 1.82) is 0 Å². The molecular formula is C27H23F2N3O3. The second kappa shape index (κ2) is 6.93. The molecule has 3 aliphatic carbocycles. The van der Waals surface area contributed by atoms with Gasteiger partial charge in [-0.15, -0.1) is 0 Å². The van der Waals surface area contributed by atoms with Gasteiger partial charge in [0.25, 0.3) is 5.91 Å². The van der Waals surface area contributed by atoms with Gasteiger partial charge in [-0.05, 0) is 66.0 Å². The molecule has 1 fully saturated rings. The number of carbonyl (C=O) groups excluding carboxylic acids is 1. The van der Waals surface area contributed by atoms with Crippen molar-refractivity contribution in [3.63, 3.8) is 0 Å². The summed E-state index contributed by atoms with van der Waals surface area (Å²) in [6.07, 6.45) is 4.37. The Kier molecular flexibility index (Phi) is 4.09. The Labute approximate surface area is 200 Å². The summed E-state index contributed by atoms with van der Waals surface area (Å²) in [5, 5.41) is 12.7. The lowest BCUT2D eigenvalue weighted by Gasteiger charge is -2.50. The third kappa shape index (κ3) is 2.62. The number of aromatic hydroxyl groups is 1. The number of amides is 1. The first-order chi connectivity index (χ1) is 16.9. The monoisotopic (exact) mass is 475 g/mol. The number of nitrogens with zero attached hydrogens (tertiary/aromatic N) is 3. The fourth-order valence-corrected chi connectivity index (χ4v) is 6.58. The third-order valence-corrected chi connectivity index (χ3v) is 8.24. The number of pyridine rings is 1. The van der Waals surface area contributed by atoms with Crippen LogP contribution in [0.1, 0.15) is 45.6 Å². The predicted octanol–water partition coefficient (Wildman–Crippen LogP) is 3.27. The Bertz CT molecular complexity index is 1420. The Morgan fingerprint density at radius 2 is 1.57 bits per heavy atom. The molecule has 1 amide bonds. The van der Waals surface area contributed by atoms with Crippen molar-refractivity contribution in [2.45, 2.75) is 31.2 Å². The molecule has 1 N–H and O–H groups in total. The molecule has 0 spiro atoms.